The average molecular weight is 242 g/mol. The normalized spacial score (nSPS) is 18.5. The minimum Gasteiger partial charge on any atom is -0.480 e. The molecule has 1 atom stereocenters. The minimum absolute atomic E-state index is 0.0572. The molecule has 1 aliphatic carbocycles. The number of carboxylic acid groups (broad SMARTS) is 1. The van der Waals surface area contributed by atoms with Gasteiger partial charge in [-0.2, -0.15) is 0 Å². The molecule has 0 radical (unpaired) electrons. The number of primary amides is 1. The van der Waals surface area contributed by atoms with Crippen molar-refractivity contribution in [2.24, 2.45) is 5.73 Å². The van der Waals surface area contributed by atoms with Crippen LogP contribution in [0.2, 0.25) is 0 Å². The Morgan fingerprint density at radius 2 is 2.00 bits per heavy atom. The fourth-order valence-corrected chi connectivity index (χ4v) is 2.61. The summed E-state index contributed by atoms with van der Waals surface area (Å²) in [4.78, 5) is 24.2. The predicted molar refractivity (Wildman–Crippen MR) is 64.5 cm³/mol. The zero-order chi connectivity index (χ0) is 12.8. The van der Waals surface area contributed by atoms with Crippen LogP contribution in [0.4, 0.5) is 0 Å². The highest BCUT2D eigenvalue weighted by atomic mass is 16.4. The highest BCUT2D eigenvalue weighted by molar-refractivity contribution is 5.78. The van der Waals surface area contributed by atoms with Gasteiger partial charge in [0.15, 0.2) is 0 Å². The molecule has 1 unspecified atom stereocenters. The summed E-state index contributed by atoms with van der Waals surface area (Å²) in [6.07, 6.45) is 5.52. The second-order valence-corrected chi connectivity index (χ2v) is 4.72. The first-order valence-electron chi connectivity index (χ1n) is 6.33. The Morgan fingerprint density at radius 3 is 2.41 bits per heavy atom. The average Bonchev–Trinajstić information content (AvgIpc) is 2.75. The fourth-order valence-electron chi connectivity index (χ4n) is 2.61. The van der Waals surface area contributed by atoms with Gasteiger partial charge in [0, 0.05) is 6.04 Å². The number of carbonyl (C=O) groups excluding carboxylic acids is 1. The molecule has 5 nitrogen and oxygen atoms in total. The van der Waals surface area contributed by atoms with Gasteiger partial charge in [-0.15, -0.1) is 0 Å². The zero-order valence-corrected chi connectivity index (χ0v) is 10.4. The Kier molecular flexibility index (Phi) is 5.41. The van der Waals surface area contributed by atoms with Gasteiger partial charge in [0.1, 0.15) is 6.04 Å². The Hall–Kier alpha value is -1.10. The molecule has 98 valence electrons. The van der Waals surface area contributed by atoms with E-state index < -0.39 is 17.9 Å². The third-order valence-electron chi connectivity index (χ3n) is 3.38. The van der Waals surface area contributed by atoms with Gasteiger partial charge < -0.3 is 10.8 Å². The number of hydrogen-bond donors (Lipinski definition) is 2. The number of aliphatic carboxylic acids is 1. The number of amides is 1. The maximum absolute atomic E-state index is 11.3. The number of nitrogens with zero attached hydrogens (tertiary/aromatic N) is 1. The van der Waals surface area contributed by atoms with E-state index in [9.17, 15) is 14.7 Å². The Balaban J connectivity index is 2.77. The van der Waals surface area contributed by atoms with Crippen molar-refractivity contribution in [2.75, 3.05) is 6.54 Å². The van der Waals surface area contributed by atoms with Crippen LogP contribution in [0.5, 0.6) is 0 Å². The Morgan fingerprint density at radius 1 is 1.41 bits per heavy atom. The largest absolute Gasteiger partial charge is 0.480 e. The summed E-state index contributed by atoms with van der Waals surface area (Å²) >= 11 is 0. The molecule has 1 rings (SSSR count). The van der Waals surface area contributed by atoms with Crippen molar-refractivity contribution in [1.82, 2.24) is 4.90 Å². The van der Waals surface area contributed by atoms with Gasteiger partial charge in [-0.25, -0.2) is 0 Å². The van der Waals surface area contributed by atoms with E-state index in [1.165, 1.54) is 0 Å². The maximum Gasteiger partial charge on any atom is 0.320 e. The van der Waals surface area contributed by atoms with Gasteiger partial charge in [-0.1, -0.05) is 26.2 Å². The molecule has 0 saturated heterocycles. The molecule has 0 aliphatic heterocycles. The first kappa shape index (κ1) is 14.0. The SMILES string of the molecule is CCCC(C(=O)O)N(CC(N)=O)C1CCCC1. The summed E-state index contributed by atoms with van der Waals surface area (Å²) in [6.45, 7) is 2.01. The predicted octanol–water partition coefficient (Wildman–Crippen LogP) is 0.970. The van der Waals surface area contributed by atoms with E-state index in [1.807, 2.05) is 6.92 Å². The molecule has 0 heterocycles. The summed E-state index contributed by atoms with van der Waals surface area (Å²) in [5, 5.41) is 9.25. The van der Waals surface area contributed by atoms with Gasteiger partial charge in [0.05, 0.1) is 6.54 Å². The molecule has 1 fully saturated rings. The standard InChI is InChI=1S/C12H22N2O3/c1-2-5-10(12(16)17)14(8-11(13)15)9-6-3-4-7-9/h9-10H,2-8H2,1H3,(H2,13,15)(H,16,17). The molecule has 3 N–H and O–H groups in total. The smallest absolute Gasteiger partial charge is 0.320 e. The van der Waals surface area contributed by atoms with Gasteiger partial charge in [-0.3, -0.25) is 14.5 Å². The lowest BCUT2D eigenvalue weighted by molar-refractivity contribution is -0.145. The first-order chi connectivity index (χ1) is 8.06. The maximum atomic E-state index is 11.3. The quantitative estimate of drug-likeness (QED) is 0.696. The van der Waals surface area contributed by atoms with Crippen LogP contribution < -0.4 is 5.73 Å². The Bertz CT molecular complexity index is 275. The number of nitrogens with two attached hydrogens (primary N) is 1. The molecular formula is C12H22N2O3. The minimum atomic E-state index is -0.847. The van der Waals surface area contributed by atoms with Crippen molar-refractivity contribution in [3.05, 3.63) is 0 Å². The number of carboxylic acids is 1. The van der Waals surface area contributed by atoms with Crippen LogP contribution >= 0.6 is 0 Å². The lowest BCUT2D eigenvalue weighted by Crippen LogP contribution is -2.50. The van der Waals surface area contributed by atoms with Gasteiger partial charge in [0.2, 0.25) is 5.91 Å². The molecule has 5 heteroatoms. The van der Waals surface area contributed by atoms with E-state index in [-0.39, 0.29) is 12.6 Å². The van der Waals surface area contributed by atoms with E-state index in [4.69, 9.17) is 5.73 Å². The topological polar surface area (TPSA) is 83.6 Å². The summed E-state index contributed by atoms with van der Waals surface area (Å²) in [5.74, 6) is -1.29. The molecule has 0 aromatic heterocycles. The van der Waals surface area contributed by atoms with Crippen molar-refractivity contribution in [1.29, 1.82) is 0 Å². The van der Waals surface area contributed by atoms with Crippen molar-refractivity contribution < 1.29 is 14.7 Å². The molecule has 0 aromatic carbocycles. The van der Waals surface area contributed by atoms with E-state index in [2.05, 4.69) is 0 Å². The summed E-state index contributed by atoms with van der Waals surface area (Å²) in [6, 6.07) is -0.370. The molecule has 1 saturated carbocycles. The van der Waals surface area contributed by atoms with Crippen LogP contribution in [0.1, 0.15) is 45.4 Å². The molecule has 0 bridgehead atoms. The molecule has 1 amide bonds. The molecule has 1 aliphatic rings. The van der Waals surface area contributed by atoms with E-state index in [0.29, 0.717) is 6.42 Å². The van der Waals surface area contributed by atoms with Gasteiger partial charge in [0.25, 0.3) is 0 Å². The van der Waals surface area contributed by atoms with Crippen molar-refractivity contribution >= 4 is 11.9 Å². The van der Waals surface area contributed by atoms with Crippen molar-refractivity contribution in [3.63, 3.8) is 0 Å². The molecular weight excluding hydrogens is 220 g/mol. The lowest BCUT2D eigenvalue weighted by atomic mass is 10.1. The molecule has 0 aromatic rings. The lowest BCUT2D eigenvalue weighted by Gasteiger charge is -2.32. The van der Waals surface area contributed by atoms with E-state index >= 15 is 0 Å². The Labute approximate surface area is 102 Å². The highest BCUT2D eigenvalue weighted by Gasteiger charge is 2.33. The van der Waals surface area contributed by atoms with Crippen LogP contribution in [-0.2, 0) is 9.59 Å². The van der Waals surface area contributed by atoms with E-state index in [1.54, 1.807) is 4.90 Å². The molecule has 0 spiro atoms. The zero-order valence-electron chi connectivity index (χ0n) is 10.4. The molecule has 17 heavy (non-hydrogen) atoms. The van der Waals surface area contributed by atoms with Crippen LogP contribution in [-0.4, -0.2) is 40.5 Å². The van der Waals surface area contributed by atoms with Crippen LogP contribution in [0, 0.1) is 0 Å². The second-order valence-electron chi connectivity index (χ2n) is 4.72. The number of rotatable bonds is 7. The third-order valence-corrected chi connectivity index (χ3v) is 3.38. The summed E-state index contributed by atoms with van der Waals surface area (Å²) in [7, 11) is 0. The van der Waals surface area contributed by atoms with Crippen molar-refractivity contribution in [3.8, 4) is 0 Å². The summed E-state index contributed by atoms with van der Waals surface area (Å²) in [5.41, 5.74) is 5.22. The van der Waals surface area contributed by atoms with Gasteiger partial charge >= 0.3 is 5.97 Å². The second kappa shape index (κ2) is 6.59. The first-order valence-corrected chi connectivity index (χ1v) is 6.33. The van der Waals surface area contributed by atoms with E-state index in [0.717, 1.165) is 32.1 Å². The number of carbonyl (C=O) groups is 2. The van der Waals surface area contributed by atoms with Crippen LogP contribution in [0.3, 0.4) is 0 Å². The highest BCUT2D eigenvalue weighted by Crippen LogP contribution is 2.26. The van der Waals surface area contributed by atoms with Crippen molar-refractivity contribution in [2.45, 2.75) is 57.5 Å². The van der Waals surface area contributed by atoms with Crippen LogP contribution in [0.25, 0.3) is 0 Å². The van der Waals surface area contributed by atoms with Crippen LogP contribution in [0.15, 0.2) is 0 Å². The third kappa shape index (κ3) is 4.00. The number of hydrogen-bond acceptors (Lipinski definition) is 3. The fraction of sp³-hybridized carbons (Fsp3) is 0.833. The monoisotopic (exact) mass is 242 g/mol. The van der Waals surface area contributed by atoms with Gasteiger partial charge in [-0.05, 0) is 19.3 Å². The summed E-state index contributed by atoms with van der Waals surface area (Å²) < 4.78 is 0.